The first-order valence-corrected chi connectivity index (χ1v) is 6.61. The number of hydrogen-bond acceptors (Lipinski definition) is 2. The second-order valence-corrected chi connectivity index (χ2v) is 5.30. The first-order valence-electron chi connectivity index (χ1n) is 6.61. The van der Waals surface area contributed by atoms with E-state index in [0.717, 1.165) is 5.56 Å². The number of benzene rings is 2. The summed E-state index contributed by atoms with van der Waals surface area (Å²) in [6, 6.07) is 9.36. The summed E-state index contributed by atoms with van der Waals surface area (Å²) in [6.07, 6.45) is -0.634. The normalized spacial score (nSPS) is 19.0. The minimum absolute atomic E-state index is 0.221. The molecule has 1 N–H and O–H groups in total. The molecule has 2 aromatic rings. The molecule has 1 unspecified atom stereocenters. The Bertz CT molecular complexity index is 816. The molecule has 1 atom stereocenters. The fourth-order valence-electron chi connectivity index (χ4n) is 2.97. The molecule has 2 aromatic carbocycles. The summed E-state index contributed by atoms with van der Waals surface area (Å²) in [5.74, 6) is -0.898. The minimum Gasteiger partial charge on any atom is -0.327 e. The Morgan fingerprint density at radius 3 is 2.67 bits per heavy atom. The van der Waals surface area contributed by atoms with E-state index in [-0.39, 0.29) is 11.8 Å². The number of rotatable bonds is 0. The van der Waals surface area contributed by atoms with Crippen LogP contribution >= 0.6 is 0 Å². The Morgan fingerprint density at radius 1 is 1.10 bits per heavy atom. The highest BCUT2D eigenvalue weighted by atomic mass is 19.1. The molecule has 4 nitrogen and oxygen atoms in total. The molecule has 0 spiro atoms. The van der Waals surface area contributed by atoms with Crippen LogP contribution in [0.1, 0.15) is 38.0 Å². The van der Waals surface area contributed by atoms with E-state index in [4.69, 9.17) is 0 Å². The first kappa shape index (κ1) is 12.1. The Labute approximate surface area is 120 Å². The molecule has 0 saturated heterocycles. The van der Waals surface area contributed by atoms with Crippen LogP contribution in [0.5, 0.6) is 0 Å². The second kappa shape index (κ2) is 3.91. The number of carbonyl (C=O) groups excluding carboxylic acids is 2. The molecule has 2 amide bonds. The van der Waals surface area contributed by atoms with Crippen LogP contribution < -0.4 is 10.2 Å². The van der Waals surface area contributed by atoms with Gasteiger partial charge in [0.05, 0.1) is 11.3 Å². The molecule has 0 radical (unpaired) electrons. The van der Waals surface area contributed by atoms with Crippen molar-refractivity contribution in [3.05, 3.63) is 64.5 Å². The summed E-state index contributed by atoms with van der Waals surface area (Å²) in [4.78, 5) is 26.3. The van der Waals surface area contributed by atoms with Gasteiger partial charge in [-0.15, -0.1) is 0 Å². The van der Waals surface area contributed by atoms with E-state index < -0.39 is 12.0 Å². The molecule has 4 rings (SSSR count). The Balaban J connectivity index is 1.96. The van der Waals surface area contributed by atoms with Gasteiger partial charge in [0, 0.05) is 11.1 Å². The van der Waals surface area contributed by atoms with Crippen molar-refractivity contribution in [2.45, 2.75) is 13.1 Å². The molecule has 2 aliphatic rings. The van der Waals surface area contributed by atoms with Gasteiger partial charge in [0.25, 0.3) is 11.8 Å². The van der Waals surface area contributed by atoms with Crippen molar-refractivity contribution in [1.29, 1.82) is 0 Å². The fraction of sp³-hybridized carbons (Fsp3) is 0.125. The summed E-state index contributed by atoms with van der Waals surface area (Å²) < 4.78 is 13.5. The van der Waals surface area contributed by atoms with Gasteiger partial charge in [-0.2, -0.15) is 0 Å². The van der Waals surface area contributed by atoms with E-state index in [0.29, 0.717) is 22.4 Å². The highest BCUT2D eigenvalue weighted by Crippen LogP contribution is 2.41. The van der Waals surface area contributed by atoms with Gasteiger partial charge in [-0.3, -0.25) is 14.5 Å². The number of hydrogen-bond donors (Lipinski definition) is 1. The number of aryl methyl sites for hydroxylation is 1. The lowest BCUT2D eigenvalue weighted by atomic mass is 10.0. The lowest BCUT2D eigenvalue weighted by Gasteiger charge is -2.32. The standard InChI is InChI=1S/C16H11FN2O2/c1-8-2-4-11-13(6-8)19-14(18-15(11)20)12-7-9(17)3-5-10(12)16(19)21/h2-7,14H,1H3,(H,18,20). The zero-order chi connectivity index (χ0) is 14.7. The minimum atomic E-state index is -0.634. The lowest BCUT2D eigenvalue weighted by molar-refractivity contribution is 0.0912. The predicted octanol–water partition coefficient (Wildman–Crippen LogP) is 2.54. The number of nitrogens with zero attached hydrogens (tertiary/aromatic N) is 1. The molecule has 0 saturated carbocycles. The van der Waals surface area contributed by atoms with Gasteiger partial charge in [0.1, 0.15) is 12.0 Å². The number of fused-ring (bicyclic) bond motifs is 5. The summed E-state index contributed by atoms with van der Waals surface area (Å²) in [5.41, 5.74) is 2.91. The molecule has 0 aliphatic carbocycles. The Hall–Kier alpha value is -2.69. The maximum absolute atomic E-state index is 13.5. The summed E-state index contributed by atoms with van der Waals surface area (Å²) in [7, 11) is 0. The number of carbonyl (C=O) groups is 2. The molecule has 0 fully saturated rings. The van der Waals surface area contributed by atoms with E-state index in [9.17, 15) is 14.0 Å². The molecule has 0 aromatic heterocycles. The second-order valence-electron chi connectivity index (χ2n) is 5.30. The average molecular weight is 282 g/mol. The van der Waals surface area contributed by atoms with Gasteiger partial charge in [-0.1, -0.05) is 6.07 Å². The smallest absolute Gasteiger partial charge is 0.260 e. The topological polar surface area (TPSA) is 49.4 Å². The number of anilines is 1. The van der Waals surface area contributed by atoms with Crippen LogP contribution in [-0.4, -0.2) is 11.8 Å². The quantitative estimate of drug-likeness (QED) is 0.807. The van der Waals surface area contributed by atoms with Crippen molar-refractivity contribution < 1.29 is 14.0 Å². The zero-order valence-electron chi connectivity index (χ0n) is 11.2. The van der Waals surface area contributed by atoms with Crippen molar-refractivity contribution in [2.24, 2.45) is 0 Å². The monoisotopic (exact) mass is 282 g/mol. The van der Waals surface area contributed by atoms with Gasteiger partial charge in [0.15, 0.2) is 0 Å². The lowest BCUT2D eigenvalue weighted by Crippen LogP contribution is -2.45. The van der Waals surface area contributed by atoms with Crippen LogP contribution in [0.2, 0.25) is 0 Å². The van der Waals surface area contributed by atoms with E-state index in [1.54, 1.807) is 12.1 Å². The Kier molecular flexibility index (Phi) is 2.25. The van der Waals surface area contributed by atoms with Crippen LogP contribution in [0.15, 0.2) is 36.4 Å². The molecule has 21 heavy (non-hydrogen) atoms. The molecule has 2 aliphatic heterocycles. The van der Waals surface area contributed by atoms with Gasteiger partial charge >= 0.3 is 0 Å². The number of amides is 2. The summed E-state index contributed by atoms with van der Waals surface area (Å²) >= 11 is 0. The zero-order valence-corrected chi connectivity index (χ0v) is 11.2. The SMILES string of the molecule is Cc1ccc2c(c1)N1C(=O)c3ccc(F)cc3C1NC2=O. The van der Waals surface area contributed by atoms with Crippen LogP contribution in [0, 0.1) is 12.7 Å². The van der Waals surface area contributed by atoms with Gasteiger partial charge in [-0.05, 0) is 42.8 Å². The van der Waals surface area contributed by atoms with Gasteiger partial charge in [-0.25, -0.2) is 4.39 Å². The van der Waals surface area contributed by atoms with Crippen molar-refractivity contribution in [3.8, 4) is 0 Å². The van der Waals surface area contributed by atoms with Gasteiger partial charge < -0.3 is 5.32 Å². The average Bonchev–Trinajstić information content (AvgIpc) is 2.71. The largest absolute Gasteiger partial charge is 0.327 e. The third-order valence-electron chi connectivity index (χ3n) is 3.94. The van der Waals surface area contributed by atoms with E-state index in [1.165, 1.54) is 23.1 Å². The fourth-order valence-corrected chi connectivity index (χ4v) is 2.97. The third kappa shape index (κ3) is 1.54. The molecule has 0 bridgehead atoms. The van der Waals surface area contributed by atoms with Crippen molar-refractivity contribution in [2.75, 3.05) is 4.90 Å². The van der Waals surface area contributed by atoms with Gasteiger partial charge in [0.2, 0.25) is 0 Å². The predicted molar refractivity (Wildman–Crippen MR) is 74.6 cm³/mol. The van der Waals surface area contributed by atoms with Crippen molar-refractivity contribution >= 4 is 17.5 Å². The molecular formula is C16H11FN2O2. The first-order chi connectivity index (χ1) is 10.1. The summed E-state index contributed by atoms with van der Waals surface area (Å²) in [5, 5.41) is 2.77. The number of nitrogens with one attached hydrogen (secondary N) is 1. The highest BCUT2D eigenvalue weighted by Gasteiger charge is 2.43. The van der Waals surface area contributed by atoms with Crippen molar-refractivity contribution in [1.82, 2.24) is 5.32 Å². The maximum Gasteiger partial charge on any atom is 0.260 e. The number of halogens is 1. The highest BCUT2D eigenvalue weighted by molar-refractivity contribution is 6.16. The van der Waals surface area contributed by atoms with Crippen molar-refractivity contribution in [3.63, 3.8) is 0 Å². The molecular weight excluding hydrogens is 271 g/mol. The van der Waals surface area contributed by atoms with Crippen LogP contribution in [0.4, 0.5) is 10.1 Å². The van der Waals surface area contributed by atoms with E-state index >= 15 is 0 Å². The third-order valence-corrected chi connectivity index (χ3v) is 3.94. The molecule has 2 heterocycles. The van der Waals surface area contributed by atoms with E-state index in [1.807, 2.05) is 13.0 Å². The maximum atomic E-state index is 13.5. The van der Waals surface area contributed by atoms with E-state index in [2.05, 4.69) is 5.32 Å². The Morgan fingerprint density at radius 2 is 1.86 bits per heavy atom. The van der Waals surface area contributed by atoms with Crippen LogP contribution in [-0.2, 0) is 0 Å². The summed E-state index contributed by atoms with van der Waals surface area (Å²) in [6.45, 7) is 1.90. The molecule has 5 heteroatoms. The van der Waals surface area contributed by atoms with Crippen LogP contribution in [0.3, 0.4) is 0 Å². The van der Waals surface area contributed by atoms with Crippen LogP contribution in [0.25, 0.3) is 0 Å². The molecule has 104 valence electrons.